The van der Waals surface area contributed by atoms with Crippen LogP contribution < -0.4 is 9.84 Å². The van der Waals surface area contributed by atoms with Gasteiger partial charge in [-0.15, -0.1) is 0 Å². The summed E-state index contributed by atoms with van der Waals surface area (Å²) in [7, 11) is 0. The first kappa shape index (κ1) is 11.0. The van der Waals surface area contributed by atoms with Crippen molar-refractivity contribution in [3.8, 4) is 5.75 Å². The Morgan fingerprint density at radius 2 is 2.07 bits per heavy atom. The highest BCUT2D eigenvalue weighted by molar-refractivity contribution is 9.10. The number of carboxylic acids is 1. The number of carboxylic acid groups (broad SMARTS) is 1. The van der Waals surface area contributed by atoms with Crippen LogP contribution in [-0.2, 0) is 4.79 Å². The zero-order valence-corrected chi connectivity index (χ0v) is 9.28. The van der Waals surface area contributed by atoms with Gasteiger partial charge in [0.1, 0.15) is 11.9 Å². The van der Waals surface area contributed by atoms with Crippen LogP contribution in [-0.4, -0.2) is 12.1 Å². The van der Waals surface area contributed by atoms with E-state index in [0.29, 0.717) is 12.2 Å². The third-order valence-electron chi connectivity index (χ3n) is 1.73. The minimum atomic E-state index is -1.18. The van der Waals surface area contributed by atoms with Crippen LogP contribution in [0.25, 0.3) is 0 Å². The van der Waals surface area contributed by atoms with Crippen molar-refractivity contribution in [1.82, 2.24) is 0 Å². The van der Waals surface area contributed by atoms with Gasteiger partial charge in [-0.3, -0.25) is 0 Å². The van der Waals surface area contributed by atoms with Gasteiger partial charge in [0.25, 0.3) is 0 Å². The van der Waals surface area contributed by atoms with Gasteiger partial charge in [-0.1, -0.05) is 22.9 Å². The number of aliphatic carboxylic acids is 1. The summed E-state index contributed by atoms with van der Waals surface area (Å²) in [6, 6.07) is 6.99. The fourth-order valence-electron chi connectivity index (χ4n) is 0.976. The van der Waals surface area contributed by atoms with Crippen molar-refractivity contribution in [3.05, 3.63) is 28.7 Å². The molecule has 1 aromatic rings. The molecular weight excluding hydrogens is 248 g/mol. The minimum absolute atomic E-state index is 0.387. The molecular formula is C10H10BrO3-. The molecule has 0 spiro atoms. The Kier molecular flexibility index (Phi) is 3.95. The molecule has 14 heavy (non-hydrogen) atoms. The fourth-order valence-corrected chi connectivity index (χ4v) is 1.24. The molecule has 1 aromatic carbocycles. The molecule has 0 radical (unpaired) electrons. The van der Waals surface area contributed by atoms with Gasteiger partial charge in [0.05, 0.1) is 5.97 Å². The van der Waals surface area contributed by atoms with Crippen molar-refractivity contribution in [2.45, 2.75) is 19.4 Å². The van der Waals surface area contributed by atoms with E-state index in [9.17, 15) is 9.90 Å². The Bertz CT molecular complexity index is 308. The highest BCUT2D eigenvalue weighted by Crippen LogP contribution is 2.17. The molecule has 0 aliphatic carbocycles. The van der Waals surface area contributed by atoms with E-state index in [0.717, 1.165) is 4.47 Å². The molecule has 0 aliphatic heterocycles. The molecule has 1 atom stereocenters. The zero-order valence-electron chi connectivity index (χ0n) is 7.70. The summed E-state index contributed by atoms with van der Waals surface area (Å²) in [6.07, 6.45) is -0.491. The third kappa shape index (κ3) is 3.03. The standard InChI is InChI=1S/C10H11BrO3/c1-2-9(10(12)13)14-8-5-3-7(11)4-6-8/h3-6,9H,2H2,1H3,(H,12,13)/p-1/t9-/m1/s1. The van der Waals surface area contributed by atoms with Gasteiger partial charge < -0.3 is 14.6 Å². The maximum Gasteiger partial charge on any atom is 0.138 e. The molecule has 0 N–H and O–H groups in total. The van der Waals surface area contributed by atoms with Gasteiger partial charge in [0.15, 0.2) is 0 Å². The van der Waals surface area contributed by atoms with E-state index >= 15 is 0 Å². The first-order valence-corrected chi connectivity index (χ1v) is 5.06. The number of rotatable bonds is 4. The van der Waals surface area contributed by atoms with Crippen LogP contribution in [0.5, 0.6) is 5.75 Å². The largest absolute Gasteiger partial charge is 0.546 e. The predicted molar refractivity (Wildman–Crippen MR) is 53.9 cm³/mol. The summed E-state index contributed by atoms with van der Waals surface area (Å²) in [5, 5.41) is 10.6. The first-order chi connectivity index (χ1) is 6.63. The van der Waals surface area contributed by atoms with Crippen LogP contribution in [0.4, 0.5) is 0 Å². The second kappa shape index (κ2) is 5.00. The summed E-state index contributed by atoms with van der Waals surface area (Å²) >= 11 is 3.27. The van der Waals surface area contributed by atoms with Crippen molar-refractivity contribution in [2.75, 3.05) is 0 Å². The van der Waals surface area contributed by atoms with Crippen LogP contribution in [0.2, 0.25) is 0 Å². The van der Waals surface area contributed by atoms with Gasteiger partial charge in [0, 0.05) is 4.47 Å². The summed E-state index contributed by atoms with van der Waals surface area (Å²) in [5.41, 5.74) is 0. The molecule has 0 saturated carbocycles. The number of carbonyl (C=O) groups excluding carboxylic acids is 1. The van der Waals surface area contributed by atoms with Gasteiger partial charge in [0.2, 0.25) is 0 Å². The number of hydrogen-bond donors (Lipinski definition) is 0. The molecule has 0 amide bonds. The average Bonchev–Trinajstić information content (AvgIpc) is 2.16. The molecule has 3 nitrogen and oxygen atoms in total. The average molecular weight is 258 g/mol. The van der Waals surface area contributed by atoms with Crippen LogP contribution in [0.3, 0.4) is 0 Å². The van der Waals surface area contributed by atoms with Gasteiger partial charge in [-0.25, -0.2) is 0 Å². The monoisotopic (exact) mass is 257 g/mol. The zero-order chi connectivity index (χ0) is 10.6. The SMILES string of the molecule is CC[C@@H](Oc1ccc(Br)cc1)C(=O)[O-]. The second-order valence-electron chi connectivity index (χ2n) is 2.79. The van der Waals surface area contributed by atoms with Gasteiger partial charge in [-0.2, -0.15) is 0 Å². The number of carbonyl (C=O) groups is 1. The maximum absolute atomic E-state index is 10.6. The fraction of sp³-hybridized carbons (Fsp3) is 0.300. The lowest BCUT2D eigenvalue weighted by molar-refractivity contribution is -0.313. The quantitative estimate of drug-likeness (QED) is 0.819. The van der Waals surface area contributed by atoms with Crippen LogP contribution in [0.1, 0.15) is 13.3 Å². The lowest BCUT2D eigenvalue weighted by Crippen LogP contribution is -2.39. The van der Waals surface area contributed by atoms with E-state index in [1.165, 1.54) is 0 Å². The molecule has 0 unspecified atom stereocenters. The molecule has 0 bridgehead atoms. The predicted octanol–water partition coefficient (Wildman–Crippen LogP) is 1.36. The van der Waals surface area contributed by atoms with Gasteiger partial charge >= 0.3 is 0 Å². The molecule has 4 heteroatoms. The summed E-state index contributed by atoms with van der Waals surface area (Å²) in [4.78, 5) is 10.6. The lowest BCUT2D eigenvalue weighted by atomic mass is 10.3. The Morgan fingerprint density at radius 3 is 2.50 bits per heavy atom. The summed E-state index contributed by atoms with van der Waals surface area (Å²) in [6.45, 7) is 1.74. The molecule has 76 valence electrons. The molecule has 0 aromatic heterocycles. The lowest BCUT2D eigenvalue weighted by Gasteiger charge is -2.18. The second-order valence-corrected chi connectivity index (χ2v) is 3.70. The van der Waals surface area contributed by atoms with E-state index in [1.54, 1.807) is 31.2 Å². The van der Waals surface area contributed by atoms with Crippen LogP contribution >= 0.6 is 15.9 Å². The van der Waals surface area contributed by atoms with E-state index in [2.05, 4.69) is 15.9 Å². The molecule has 1 rings (SSSR count). The highest BCUT2D eigenvalue weighted by atomic mass is 79.9. The molecule has 0 heterocycles. The third-order valence-corrected chi connectivity index (χ3v) is 2.25. The van der Waals surface area contributed by atoms with Crippen molar-refractivity contribution in [1.29, 1.82) is 0 Å². The van der Waals surface area contributed by atoms with E-state index < -0.39 is 12.1 Å². The van der Waals surface area contributed by atoms with E-state index in [4.69, 9.17) is 4.74 Å². The normalized spacial score (nSPS) is 12.1. The summed E-state index contributed by atoms with van der Waals surface area (Å²) in [5.74, 6) is -0.653. The smallest absolute Gasteiger partial charge is 0.138 e. The van der Waals surface area contributed by atoms with Crippen molar-refractivity contribution < 1.29 is 14.6 Å². The van der Waals surface area contributed by atoms with E-state index in [1.807, 2.05) is 0 Å². The number of hydrogen-bond acceptors (Lipinski definition) is 3. The Balaban J connectivity index is 2.67. The summed E-state index contributed by atoms with van der Waals surface area (Å²) < 4.78 is 6.12. The molecule has 0 aliphatic rings. The molecule has 0 saturated heterocycles. The van der Waals surface area contributed by atoms with E-state index in [-0.39, 0.29) is 0 Å². The van der Waals surface area contributed by atoms with Crippen LogP contribution in [0.15, 0.2) is 28.7 Å². The van der Waals surface area contributed by atoms with Crippen molar-refractivity contribution in [3.63, 3.8) is 0 Å². The molecule has 0 fully saturated rings. The number of halogens is 1. The Labute approximate surface area is 90.8 Å². The van der Waals surface area contributed by atoms with Gasteiger partial charge in [-0.05, 0) is 30.7 Å². The number of ether oxygens (including phenoxy) is 1. The van der Waals surface area contributed by atoms with Crippen molar-refractivity contribution >= 4 is 21.9 Å². The highest BCUT2D eigenvalue weighted by Gasteiger charge is 2.08. The van der Waals surface area contributed by atoms with Crippen molar-refractivity contribution in [2.24, 2.45) is 0 Å². The first-order valence-electron chi connectivity index (χ1n) is 4.26. The maximum atomic E-state index is 10.6. The Hall–Kier alpha value is -1.03. The minimum Gasteiger partial charge on any atom is -0.546 e. The number of benzene rings is 1. The Morgan fingerprint density at radius 1 is 1.50 bits per heavy atom. The van der Waals surface area contributed by atoms with Crippen LogP contribution in [0, 0.1) is 0 Å². The topological polar surface area (TPSA) is 49.4 Å².